The first-order valence-corrected chi connectivity index (χ1v) is 8.79. The Morgan fingerprint density at radius 1 is 1.04 bits per heavy atom. The lowest BCUT2D eigenvalue weighted by atomic mass is 10.0. The van der Waals surface area contributed by atoms with Crippen molar-refractivity contribution >= 4 is 11.6 Å². The van der Waals surface area contributed by atoms with E-state index in [4.69, 9.17) is 4.74 Å². The van der Waals surface area contributed by atoms with E-state index < -0.39 is 0 Å². The Labute approximate surface area is 143 Å². The number of benzene rings is 1. The van der Waals surface area contributed by atoms with Gasteiger partial charge in [-0.1, -0.05) is 29.8 Å². The van der Waals surface area contributed by atoms with Crippen molar-refractivity contribution < 1.29 is 4.74 Å². The number of morpholine rings is 1. The molecular formula is C19H24N4O. The highest BCUT2D eigenvalue weighted by Crippen LogP contribution is 2.36. The first-order chi connectivity index (χ1) is 11.8. The first-order valence-electron chi connectivity index (χ1n) is 8.79. The lowest BCUT2D eigenvalue weighted by Crippen LogP contribution is -2.37. The van der Waals surface area contributed by atoms with Crippen molar-refractivity contribution in [2.24, 2.45) is 0 Å². The predicted molar refractivity (Wildman–Crippen MR) is 95.6 cm³/mol. The zero-order chi connectivity index (χ0) is 16.4. The molecule has 0 aliphatic carbocycles. The molecule has 1 aromatic carbocycles. The summed E-state index contributed by atoms with van der Waals surface area (Å²) in [6.45, 7) is 6.56. The highest BCUT2D eigenvalue weighted by atomic mass is 16.5. The Kier molecular flexibility index (Phi) is 4.34. The Morgan fingerprint density at radius 3 is 2.71 bits per heavy atom. The summed E-state index contributed by atoms with van der Waals surface area (Å²) in [4.78, 5) is 13.8. The van der Waals surface area contributed by atoms with Crippen LogP contribution in [0, 0.1) is 6.92 Å². The van der Waals surface area contributed by atoms with Gasteiger partial charge in [-0.25, -0.2) is 9.97 Å². The minimum atomic E-state index is 0.414. The van der Waals surface area contributed by atoms with Gasteiger partial charge in [0.1, 0.15) is 18.0 Å². The molecular weight excluding hydrogens is 300 g/mol. The quantitative estimate of drug-likeness (QED) is 0.868. The molecule has 5 heteroatoms. The van der Waals surface area contributed by atoms with Gasteiger partial charge in [0.25, 0.3) is 0 Å². The molecule has 0 bridgehead atoms. The van der Waals surface area contributed by atoms with Crippen molar-refractivity contribution in [3.05, 3.63) is 47.8 Å². The third kappa shape index (κ3) is 3.08. The monoisotopic (exact) mass is 324 g/mol. The van der Waals surface area contributed by atoms with Gasteiger partial charge in [0.2, 0.25) is 0 Å². The minimum absolute atomic E-state index is 0.414. The molecule has 126 valence electrons. The Balaban J connectivity index is 1.60. The second kappa shape index (κ2) is 6.77. The fourth-order valence-corrected chi connectivity index (χ4v) is 3.72. The maximum atomic E-state index is 5.44. The average Bonchev–Trinajstić information content (AvgIpc) is 3.12. The Hall–Kier alpha value is -2.14. The number of anilines is 2. The van der Waals surface area contributed by atoms with E-state index in [0.29, 0.717) is 6.04 Å². The van der Waals surface area contributed by atoms with E-state index in [1.807, 2.05) is 0 Å². The van der Waals surface area contributed by atoms with E-state index in [1.54, 1.807) is 6.33 Å². The molecule has 1 aromatic heterocycles. The lowest BCUT2D eigenvalue weighted by Gasteiger charge is -2.30. The molecule has 1 atom stereocenters. The van der Waals surface area contributed by atoms with Crippen LogP contribution >= 0.6 is 0 Å². The SMILES string of the molecule is Cc1cccc(C2CCCN2c2cc(N3CCOCC3)ncn2)c1. The largest absolute Gasteiger partial charge is 0.378 e. The van der Waals surface area contributed by atoms with Gasteiger partial charge in [-0.15, -0.1) is 0 Å². The molecule has 3 heterocycles. The maximum absolute atomic E-state index is 5.44. The fourth-order valence-electron chi connectivity index (χ4n) is 3.72. The van der Waals surface area contributed by atoms with Gasteiger partial charge in [-0.2, -0.15) is 0 Å². The number of rotatable bonds is 3. The summed E-state index contributed by atoms with van der Waals surface area (Å²) in [5, 5.41) is 0. The third-order valence-corrected chi connectivity index (χ3v) is 4.95. The number of hydrogen-bond acceptors (Lipinski definition) is 5. The van der Waals surface area contributed by atoms with E-state index in [2.05, 4.69) is 57.0 Å². The molecule has 2 fully saturated rings. The van der Waals surface area contributed by atoms with Crippen LogP contribution in [0.4, 0.5) is 11.6 Å². The van der Waals surface area contributed by atoms with E-state index in [-0.39, 0.29) is 0 Å². The smallest absolute Gasteiger partial charge is 0.134 e. The number of aryl methyl sites for hydroxylation is 1. The summed E-state index contributed by atoms with van der Waals surface area (Å²) in [6, 6.07) is 11.4. The standard InChI is InChI=1S/C19H24N4O/c1-15-4-2-5-16(12-15)17-6-3-7-23(17)19-13-18(20-14-21-19)22-8-10-24-11-9-22/h2,4-5,12-14,17H,3,6-11H2,1H3. The lowest BCUT2D eigenvalue weighted by molar-refractivity contribution is 0.122. The van der Waals surface area contributed by atoms with Crippen LogP contribution < -0.4 is 9.80 Å². The van der Waals surface area contributed by atoms with Crippen LogP contribution in [0.1, 0.15) is 30.0 Å². The highest BCUT2D eigenvalue weighted by Gasteiger charge is 2.27. The van der Waals surface area contributed by atoms with Gasteiger partial charge in [0, 0.05) is 25.7 Å². The van der Waals surface area contributed by atoms with Gasteiger partial charge in [-0.05, 0) is 25.3 Å². The van der Waals surface area contributed by atoms with Crippen LogP contribution in [0.25, 0.3) is 0 Å². The van der Waals surface area contributed by atoms with E-state index in [9.17, 15) is 0 Å². The molecule has 2 aliphatic heterocycles. The molecule has 0 spiro atoms. The van der Waals surface area contributed by atoms with Crippen LogP contribution in [-0.2, 0) is 4.74 Å². The van der Waals surface area contributed by atoms with Crippen molar-refractivity contribution in [1.82, 2.24) is 9.97 Å². The summed E-state index contributed by atoms with van der Waals surface area (Å²) in [5.41, 5.74) is 2.70. The minimum Gasteiger partial charge on any atom is -0.378 e. The number of hydrogen-bond donors (Lipinski definition) is 0. The van der Waals surface area contributed by atoms with Crippen molar-refractivity contribution in [1.29, 1.82) is 0 Å². The zero-order valence-electron chi connectivity index (χ0n) is 14.2. The van der Waals surface area contributed by atoms with E-state index in [1.165, 1.54) is 24.0 Å². The number of ether oxygens (including phenoxy) is 1. The van der Waals surface area contributed by atoms with Crippen molar-refractivity contribution in [2.75, 3.05) is 42.6 Å². The van der Waals surface area contributed by atoms with Gasteiger partial charge in [0.15, 0.2) is 0 Å². The summed E-state index contributed by atoms with van der Waals surface area (Å²) in [7, 11) is 0. The van der Waals surface area contributed by atoms with E-state index >= 15 is 0 Å². The van der Waals surface area contributed by atoms with Gasteiger partial charge < -0.3 is 14.5 Å². The molecule has 2 aromatic rings. The normalized spacial score (nSPS) is 21.3. The second-order valence-electron chi connectivity index (χ2n) is 6.60. The van der Waals surface area contributed by atoms with Crippen molar-refractivity contribution in [3.63, 3.8) is 0 Å². The summed E-state index contributed by atoms with van der Waals surface area (Å²) >= 11 is 0. The molecule has 0 radical (unpaired) electrons. The van der Waals surface area contributed by atoms with Gasteiger partial charge >= 0.3 is 0 Å². The summed E-state index contributed by atoms with van der Waals surface area (Å²) in [5.74, 6) is 2.05. The van der Waals surface area contributed by atoms with E-state index in [0.717, 1.165) is 44.5 Å². The first kappa shape index (κ1) is 15.4. The van der Waals surface area contributed by atoms with Crippen LogP contribution in [0.2, 0.25) is 0 Å². The maximum Gasteiger partial charge on any atom is 0.134 e. The van der Waals surface area contributed by atoms with Crippen LogP contribution in [0.15, 0.2) is 36.7 Å². The fraction of sp³-hybridized carbons (Fsp3) is 0.474. The summed E-state index contributed by atoms with van der Waals surface area (Å²) in [6.07, 6.45) is 4.08. The molecule has 2 aliphatic rings. The molecule has 24 heavy (non-hydrogen) atoms. The van der Waals surface area contributed by atoms with Gasteiger partial charge in [-0.3, -0.25) is 0 Å². The van der Waals surface area contributed by atoms with Crippen LogP contribution in [0.3, 0.4) is 0 Å². The predicted octanol–water partition coefficient (Wildman–Crippen LogP) is 2.96. The summed E-state index contributed by atoms with van der Waals surface area (Å²) < 4.78 is 5.44. The Bertz CT molecular complexity index is 699. The highest BCUT2D eigenvalue weighted by molar-refractivity contribution is 5.52. The Morgan fingerprint density at radius 2 is 1.88 bits per heavy atom. The second-order valence-corrected chi connectivity index (χ2v) is 6.60. The molecule has 1 unspecified atom stereocenters. The van der Waals surface area contributed by atoms with Crippen LogP contribution in [-0.4, -0.2) is 42.8 Å². The van der Waals surface area contributed by atoms with Crippen molar-refractivity contribution in [2.45, 2.75) is 25.8 Å². The third-order valence-electron chi connectivity index (χ3n) is 4.95. The van der Waals surface area contributed by atoms with Crippen molar-refractivity contribution in [3.8, 4) is 0 Å². The zero-order valence-corrected chi connectivity index (χ0v) is 14.2. The topological polar surface area (TPSA) is 41.5 Å². The molecule has 0 N–H and O–H groups in total. The average molecular weight is 324 g/mol. The number of nitrogens with zero attached hydrogens (tertiary/aromatic N) is 4. The van der Waals surface area contributed by atoms with Crippen LogP contribution in [0.5, 0.6) is 0 Å². The molecule has 2 saturated heterocycles. The molecule has 5 nitrogen and oxygen atoms in total. The molecule has 0 saturated carbocycles. The molecule has 0 amide bonds. The number of aromatic nitrogens is 2. The molecule has 4 rings (SSSR count). The van der Waals surface area contributed by atoms with Gasteiger partial charge in [0.05, 0.1) is 19.3 Å².